The first kappa shape index (κ1) is 21.6. The van der Waals surface area contributed by atoms with Crippen LogP contribution in [0.2, 0.25) is 0 Å². The molecule has 3 aromatic rings. The molecule has 0 unspecified atom stereocenters. The van der Waals surface area contributed by atoms with Crippen molar-refractivity contribution in [3.63, 3.8) is 0 Å². The first-order valence-corrected chi connectivity index (χ1v) is 12.4. The Morgan fingerprint density at radius 2 is 1.94 bits per heavy atom. The second-order valence-corrected chi connectivity index (χ2v) is 10.8. The minimum absolute atomic E-state index is 0.0791. The van der Waals surface area contributed by atoms with E-state index in [2.05, 4.69) is 4.98 Å². The summed E-state index contributed by atoms with van der Waals surface area (Å²) in [6, 6.07) is 7.67. The molecule has 9 nitrogen and oxygen atoms in total. The number of sulfonamides is 1. The average molecular weight is 479 g/mol. The maximum Gasteiger partial charge on any atom is 0.270 e. The number of hydrogen-bond acceptors (Lipinski definition) is 8. The predicted molar refractivity (Wildman–Crippen MR) is 118 cm³/mol. The van der Waals surface area contributed by atoms with Crippen molar-refractivity contribution in [1.82, 2.24) is 14.2 Å². The molecule has 1 aliphatic heterocycles. The van der Waals surface area contributed by atoms with Crippen LogP contribution < -0.4 is 0 Å². The Morgan fingerprint density at radius 3 is 2.58 bits per heavy atom. The minimum Gasteiger partial charge on any atom is -0.335 e. The van der Waals surface area contributed by atoms with Crippen LogP contribution in [0.15, 0.2) is 46.8 Å². The van der Waals surface area contributed by atoms with E-state index in [1.807, 2.05) is 17.5 Å². The van der Waals surface area contributed by atoms with Crippen LogP contribution in [0, 0.1) is 17.0 Å². The van der Waals surface area contributed by atoms with Crippen molar-refractivity contribution in [2.45, 2.75) is 11.8 Å². The van der Waals surface area contributed by atoms with E-state index >= 15 is 0 Å². The van der Waals surface area contributed by atoms with Crippen LogP contribution in [0.3, 0.4) is 0 Å². The fourth-order valence-electron chi connectivity index (χ4n) is 3.29. The molecule has 1 aliphatic rings. The van der Waals surface area contributed by atoms with Crippen molar-refractivity contribution >= 4 is 44.3 Å². The lowest BCUT2D eigenvalue weighted by atomic mass is 10.2. The summed E-state index contributed by atoms with van der Waals surface area (Å²) in [6.45, 7) is 2.31. The molecule has 1 amide bonds. The van der Waals surface area contributed by atoms with Crippen LogP contribution in [0.4, 0.5) is 5.69 Å². The van der Waals surface area contributed by atoms with Crippen molar-refractivity contribution < 1.29 is 18.1 Å². The van der Waals surface area contributed by atoms with Gasteiger partial charge in [-0.05, 0) is 23.9 Å². The Balaban J connectivity index is 1.46. The van der Waals surface area contributed by atoms with E-state index in [1.54, 1.807) is 29.4 Å². The number of carbonyl (C=O) groups excluding carboxylic acids is 1. The van der Waals surface area contributed by atoms with Gasteiger partial charge in [-0.1, -0.05) is 12.1 Å². The Labute approximate surface area is 186 Å². The molecule has 0 saturated carbocycles. The highest BCUT2D eigenvalue weighted by Crippen LogP contribution is 2.30. The monoisotopic (exact) mass is 478 g/mol. The van der Waals surface area contributed by atoms with Gasteiger partial charge in [0.25, 0.3) is 11.6 Å². The van der Waals surface area contributed by atoms with Crippen molar-refractivity contribution in [3.05, 3.63) is 62.5 Å². The third-order valence-corrected chi connectivity index (χ3v) is 9.04. The van der Waals surface area contributed by atoms with E-state index < -0.39 is 14.9 Å². The Kier molecular flexibility index (Phi) is 5.88. The van der Waals surface area contributed by atoms with Gasteiger partial charge in [0.05, 0.1) is 20.9 Å². The average Bonchev–Trinajstić information content (AvgIpc) is 3.45. The van der Waals surface area contributed by atoms with Gasteiger partial charge in [0.1, 0.15) is 9.88 Å². The van der Waals surface area contributed by atoms with E-state index in [9.17, 15) is 23.3 Å². The fraction of sp³-hybridized carbons (Fsp3) is 0.263. The Bertz CT molecular complexity index is 1230. The fourth-order valence-corrected chi connectivity index (χ4v) is 6.65. The lowest BCUT2D eigenvalue weighted by Crippen LogP contribution is -2.50. The number of aromatic nitrogens is 1. The van der Waals surface area contributed by atoms with Crippen LogP contribution in [0.1, 0.15) is 15.2 Å². The van der Waals surface area contributed by atoms with Crippen molar-refractivity contribution in [2.24, 2.45) is 0 Å². The summed E-state index contributed by atoms with van der Waals surface area (Å²) < 4.78 is 27.4. The minimum atomic E-state index is -3.91. The smallest absolute Gasteiger partial charge is 0.270 e. The highest BCUT2D eigenvalue weighted by atomic mass is 32.2. The highest BCUT2D eigenvalue weighted by molar-refractivity contribution is 7.89. The number of aryl methyl sites for hydroxylation is 1. The van der Waals surface area contributed by atoms with Crippen LogP contribution in [-0.4, -0.2) is 59.6 Å². The zero-order valence-electron chi connectivity index (χ0n) is 16.4. The molecule has 0 N–H and O–H groups in total. The molecule has 1 saturated heterocycles. The molecular formula is C19H18N4O5S3. The SMILES string of the molecule is Cc1ccc([N+](=O)[O-])cc1S(=O)(=O)N1CCN(C(=O)c2cnc(-c3cccs3)s2)CC1. The first-order valence-electron chi connectivity index (χ1n) is 9.31. The summed E-state index contributed by atoms with van der Waals surface area (Å²) in [5.74, 6) is -0.177. The number of thiophene rings is 1. The van der Waals surface area contributed by atoms with Gasteiger partial charge in [0, 0.05) is 38.3 Å². The third-order valence-electron chi connectivity index (χ3n) is 4.97. The molecule has 162 valence electrons. The number of hydrogen-bond donors (Lipinski definition) is 0. The maximum absolute atomic E-state index is 13.1. The van der Waals surface area contributed by atoms with E-state index in [-0.39, 0.29) is 42.7 Å². The second-order valence-electron chi connectivity index (χ2n) is 6.91. The quantitative estimate of drug-likeness (QED) is 0.411. The van der Waals surface area contributed by atoms with E-state index in [1.165, 1.54) is 27.8 Å². The number of non-ortho nitro benzene ring substituents is 1. The van der Waals surface area contributed by atoms with Crippen LogP contribution >= 0.6 is 22.7 Å². The zero-order chi connectivity index (χ0) is 22.2. The van der Waals surface area contributed by atoms with Gasteiger partial charge in [-0.15, -0.1) is 22.7 Å². The van der Waals surface area contributed by atoms with Gasteiger partial charge >= 0.3 is 0 Å². The summed E-state index contributed by atoms with van der Waals surface area (Å²) in [5, 5.41) is 13.8. The van der Waals surface area contributed by atoms with Crippen LogP contribution in [0.25, 0.3) is 9.88 Å². The third kappa shape index (κ3) is 4.24. The number of piperazine rings is 1. The molecule has 0 aliphatic carbocycles. The van der Waals surface area contributed by atoms with Crippen LogP contribution in [0.5, 0.6) is 0 Å². The van der Waals surface area contributed by atoms with Crippen molar-refractivity contribution in [2.75, 3.05) is 26.2 Å². The second kappa shape index (κ2) is 8.46. The molecule has 2 aromatic heterocycles. The largest absolute Gasteiger partial charge is 0.335 e. The Morgan fingerprint density at radius 1 is 1.19 bits per heavy atom. The van der Waals surface area contributed by atoms with E-state index in [0.29, 0.717) is 10.4 Å². The lowest BCUT2D eigenvalue weighted by molar-refractivity contribution is -0.385. The van der Waals surface area contributed by atoms with Crippen molar-refractivity contribution in [3.8, 4) is 9.88 Å². The number of benzene rings is 1. The molecular weight excluding hydrogens is 460 g/mol. The van der Waals surface area contributed by atoms with Gasteiger partial charge in [0.15, 0.2) is 0 Å². The number of carbonyl (C=O) groups is 1. The lowest BCUT2D eigenvalue weighted by Gasteiger charge is -2.34. The normalized spacial score (nSPS) is 15.2. The summed E-state index contributed by atoms with van der Waals surface area (Å²) in [4.78, 5) is 30.6. The molecule has 1 fully saturated rings. The predicted octanol–water partition coefficient (Wildman–Crippen LogP) is 3.23. The highest BCUT2D eigenvalue weighted by Gasteiger charge is 2.32. The molecule has 0 radical (unpaired) electrons. The number of nitro benzene ring substituents is 1. The van der Waals surface area contributed by atoms with Crippen LogP contribution in [-0.2, 0) is 10.0 Å². The summed E-state index contributed by atoms with van der Waals surface area (Å²) in [7, 11) is -3.91. The van der Waals surface area contributed by atoms with Gasteiger partial charge in [-0.25, -0.2) is 13.4 Å². The molecule has 1 aromatic carbocycles. The van der Waals surface area contributed by atoms with E-state index in [4.69, 9.17) is 0 Å². The summed E-state index contributed by atoms with van der Waals surface area (Å²) in [6.07, 6.45) is 1.55. The summed E-state index contributed by atoms with van der Waals surface area (Å²) in [5.41, 5.74) is 0.166. The van der Waals surface area contributed by atoms with Crippen molar-refractivity contribution in [1.29, 1.82) is 0 Å². The van der Waals surface area contributed by atoms with Gasteiger partial charge in [-0.2, -0.15) is 4.31 Å². The standard InChI is InChI=1S/C19H18N4O5S3/c1-13-4-5-14(23(25)26)11-17(13)31(27,28)22-8-6-21(7-9-22)19(24)16-12-20-18(30-16)15-3-2-10-29-15/h2-5,10-12H,6-9H2,1H3. The Hall–Kier alpha value is -2.67. The molecule has 0 bridgehead atoms. The summed E-state index contributed by atoms with van der Waals surface area (Å²) >= 11 is 2.86. The topological polar surface area (TPSA) is 114 Å². The number of rotatable bonds is 5. The molecule has 4 rings (SSSR count). The van der Waals surface area contributed by atoms with Gasteiger partial charge in [-0.3, -0.25) is 14.9 Å². The molecule has 31 heavy (non-hydrogen) atoms. The number of thiazole rings is 1. The molecule has 12 heteroatoms. The van der Waals surface area contributed by atoms with E-state index in [0.717, 1.165) is 16.0 Å². The van der Waals surface area contributed by atoms with Gasteiger partial charge in [0.2, 0.25) is 10.0 Å². The molecule has 3 heterocycles. The first-order chi connectivity index (χ1) is 14.8. The number of amides is 1. The maximum atomic E-state index is 13.1. The number of nitrogens with zero attached hydrogens (tertiary/aromatic N) is 4. The number of nitro groups is 1. The van der Waals surface area contributed by atoms with Gasteiger partial charge < -0.3 is 4.90 Å². The zero-order valence-corrected chi connectivity index (χ0v) is 18.9. The molecule has 0 spiro atoms. The molecule has 0 atom stereocenters.